The van der Waals surface area contributed by atoms with Crippen LogP contribution < -0.4 is 5.32 Å². The van der Waals surface area contributed by atoms with Gasteiger partial charge < -0.3 is 5.32 Å². The van der Waals surface area contributed by atoms with E-state index < -0.39 is 0 Å². The van der Waals surface area contributed by atoms with Crippen LogP contribution in [0.1, 0.15) is 52.4 Å². The van der Waals surface area contributed by atoms with Crippen LogP contribution in [0.2, 0.25) is 0 Å². The Balaban J connectivity index is 1.92. The fourth-order valence-electron chi connectivity index (χ4n) is 3.52. The van der Waals surface area contributed by atoms with Gasteiger partial charge in [0, 0.05) is 18.6 Å². The van der Waals surface area contributed by atoms with Gasteiger partial charge in [0.25, 0.3) is 0 Å². The van der Waals surface area contributed by atoms with E-state index in [1.54, 1.807) is 0 Å². The molecule has 1 aliphatic heterocycles. The maximum Gasteiger partial charge on any atom is 0.0224 e. The Morgan fingerprint density at radius 2 is 2.06 bits per heavy atom. The van der Waals surface area contributed by atoms with E-state index >= 15 is 0 Å². The van der Waals surface area contributed by atoms with Crippen molar-refractivity contribution < 1.29 is 0 Å². The topological polar surface area (TPSA) is 15.3 Å². The number of nitrogens with one attached hydrogen (secondary N) is 1. The number of hydrogen-bond donors (Lipinski definition) is 1. The normalized spacial score (nSPS) is 35.8. The van der Waals surface area contributed by atoms with Crippen molar-refractivity contribution in [1.29, 1.82) is 0 Å². The van der Waals surface area contributed by atoms with Crippen LogP contribution in [0.3, 0.4) is 0 Å². The minimum absolute atomic E-state index is 0.823. The summed E-state index contributed by atoms with van der Waals surface area (Å²) in [7, 11) is 0. The molecule has 1 saturated carbocycles. The molecule has 2 fully saturated rings. The fraction of sp³-hybridized carbons (Fsp3) is 1.00. The molecule has 2 rings (SSSR count). The van der Waals surface area contributed by atoms with Crippen LogP contribution in [0.25, 0.3) is 0 Å². The van der Waals surface area contributed by atoms with Crippen molar-refractivity contribution >= 4 is 0 Å². The van der Waals surface area contributed by atoms with Crippen LogP contribution in [0.5, 0.6) is 0 Å². The van der Waals surface area contributed by atoms with Crippen molar-refractivity contribution in [1.82, 2.24) is 10.2 Å². The van der Waals surface area contributed by atoms with Gasteiger partial charge in [0.15, 0.2) is 0 Å². The average molecular weight is 224 g/mol. The van der Waals surface area contributed by atoms with Crippen molar-refractivity contribution in [2.24, 2.45) is 5.92 Å². The Morgan fingerprint density at radius 1 is 1.19 bits per heavy atom. The molecule has 16 heavy (non-hydrogen) atoms. The lowest BCUT2D eigenvalue weighted by Crippen LogP contribution is -2.50. The van der Waals surface area contributed by atoms with Crippen molar-refractivity contribution in [2.45, 2.75) is 64.5 Å². The summed E-state index contributed by atoms with van der Waals surface area (Å²) in [6.07, 6.45) is 8.42. The highest BCUT2D eigenvalue weighted by atomic mass is 15.2. The summed E-state index contributed by atoms with van der Waals surface area (Å²) < 4.78 is 0. The lowest BCUT2D eigenvalue weighted by Gasteiger charge is -2.38. The highest BCUT2D eigenvalue weighted by Crippen LogP contribution is 2.31. The van der Waals surface area contributed by atoms with Gasteiger partial charge >= 0.3 is 0 Å². The van der Waals surface area contributed by atoms with Crippen LogP contribution in [0, 0.1) is 5.92 Å². The standard InChI is InChI=1S/C14H28N2/c1-3-9-16(13-7-6-12(2)10-13)14-5-4-8-15-11-14/h12-15H,3-11H2,1-2H3. The molecule has 94 valence electrons. The molecular formula is C14H28N2. The quantitative estimate of drug-likeness (QED) is 0.790. The summed E-state index contributed by atoms with van der Waals surface area (Å²) in [5.41, 5.74) is 0. The Bertz CT molecular complexity index is 194. The molecule has 2 nitrogen and oxygen atoms in total. The summed E-state index contributed by atoms with van der Waals surface area (Å²) in [5.74, 6) is 0.959. The molecule has 0 aromatic carbocycles. The Morgan fingerprint density at radius 3 is 2.62 bits per heavy atom. The van der Waals surface area contributed by atoms with Gasteiger partial charge in [0.05, 0.1) is 0 Å². The Kier molecular flexibility index (Phi) is 4.66. The molecule has 3 unspecified atom stereocenters. The first-order chi connectivity index (χ1) is 7.81. The molecule has 1 saturated heterocycles. The smallest absolute Gasteiger partial charge is 0.0224 e. The van der Waals surface area contributed by atoms with Crippen molar-refractivity contribution in [3.8, 4) is 0 Å². The van der Waals surface area contributed by atoms with Crippen molar-refractivity contribution in [3.63, 3.8) is 0 Å². The van der Waals surface area contributed by atoms with E-state index in [-0.39, 0.29) is 0 Å². The van der Waals surface area contributed by atoms with E-state index in [0.29, 0.717) is 0 Å². The molecule has 0 spiro atoms. The molecule has 1 aliphatic carbocycles. The van der Waals surface area contributed by atoms with Gasteiger partial charge in [0.2, 0.25) is 0 Å². The second kappa shape index (κ2) is 6.02. The first-order valence-electron chi connectivity index (χ1n) is 7.27. The highest BCUT2D eigenvalue weighted by molar-refractivity contribution is 4.87. The first kappa shape index (κ1) is 12.4. The molecular weight excluding hydrogens is 196 g/mol. The maximum atomic E-state index is 3.57. The highest BCUT2D eigenvalue weighted by Gasteiger charge is 2.31. The van der Waals surface area contributed by atoms with Crippen molar-refractivity contribution in [3.05, 3.63) is 0 Å². The third kappa shape index (κ3) is 2.98. The van der Waals surface area contributed by atoms with Gasteiger partial charge in [0.1, 0.15) is 0 Å². The van der Waals surface area contributed by atoms with Crippen LogP contribution in [-0.4, -0.2) is 36.6 Å². The monoisotopic (exact) mass is 224 g/mol. The molecule has 0 amide bonds. The molecule has 0 radical (unpaired) electrons. The van der Waals surface area contributed by atoms with Crippen molar-refractivity contribution in [2.75, 3.05) is 19.6 Å². The first-order valence-corrected chi connectivity index (χ1v) is 7.27. The van der Waals surface area contributed by atoms with E-state index in [1.807, 2.05) is 0 Å². The number of nitrogens with zero attached hydrogens (tertiary/aromatic N) is 1. The summed E-state index contributed by atoms with van der Waals surface area (Å²) in [5, 5.41) is 3.57. The maximum absolute atomic E-state index is 3.57. The molecule has 2 heteroatoms. The fourth-order valence-corrected chi connectivity index (χ4v) is 3.52. The zero-order valence-corrected chi connectivity index (χ0v) is 11.0. The van der Waals surface area contributed by atoms with E-state index in [9.17, 15) is 0 Å². The molecule has 3 atom stereocenters. The largest absolute Gasteiger partial charge is 0.315 e. The van der Waals surface area contributed by atoms with Crippen LogP contribution in [0.4, 0.5) is 0 Å². The Labute approximate surface area is 101 Å². The minimum Gasteiger partial charge on any atom is -0.315 e. The zero-order chi connectivity index (χ0) is 11.4. The molecule has 0 bridgehead atoms. The number of piperidine rings is 1. The molecule has 1 heterocycles. The summed E-state index contributed by atoms with van der Waals surface area (Å²) in [6, 6.07) is 1.71. The van der Waals surface area contributed by atoms with Gasteiger partial charge in [-0.25, -0.2) is 0 Å². The van der Waals surface area contributed by atoms with E-state index in [1.165, 1.54) is 58.2 Å². The average Bonchev–Trinajstić information content (AvgIpc) is 2.74. The summed E-state index contributed by atoms with van der Waals surface area (Å²) in [4.78, 5) is 2.83. The number of rotatable bonds is 4. The zero-order valence-electron chi connectivity index (χ0n) is 11.0. The minimum atomic E-state index is 0.823. The van der Waals surface area contributed by atoms with Crippen LogP contribution >= 0.6 is 0 Å². The SMILES string of the molecule is CCCN(C1CCCNC1)C1CCC(C)C1. The molecule has 2 aliphatic rings. The molecule has 0 aromatic heterocycles. The summed E-state index contributed by atoms with van der Waals surface area (Å²) >= 11 is 0. The third-order valence-corrected chi connectivity index (χ3v) is 4.36. The summed E-state index contributed by atoms with van der Waals surface area (Å²) in [6.45, 7) is 8.51. The predicted molar refractivity (Wildman–Crippen MR) is 69.7 cm³/mol. The van der Waals surface area contributed by atoms with Gasteiger partial charge in [-0.1, -0.05) is 13.8 Å². The second-order valence-electron chi connectivity index (χ2n) is 5.81. The Hall–Kier alpha value is -0.0800. The van der Waals surface area contributed by atoms with E-state index in [4.69, 9.17) is 0 Å². The lowest BCUT2D eigenvalue weighted by atomic mass is 10.0. The van der Waals surface area contributed by atoms with Crippen LogP contribution in [-0.2, 0) is 0 Å². The predicted octanol–water partition coefficient (Wildman–Crippen LogP) is 2.64. The van der Waals surface area contributed by atoms with E-state index in [0.717, 1.165) is 18.0 Å². The molecule has 1 N–H and O–H groups in total. The van der Waals surface area contributed by atoms with Gasteiger partial charge in [-0.3, -0.25) is 4.90 Å². The molecule has 0 aromatic rings. The third-order valence-electron chi connectivity index (χ3n) is 4.36. The van der Waals surface area contributed by atoms with E-state index in [2.05, 4.69) is 24.1 Å². The van der Waals surface area contributed by atoms with Gasteiger partial charge in [-0.05, 0) is 57.5 Å². The second-order valence-corrected chi connectivity index (χ2v) is 5.81. The number of hydrogen-bond acceptors (Lipinski definition) is 2. The lowest BCUT2D eigenvalue weighted by molar-refractivity contribution is 0.112. The van der Waals surface area contributed by atoms with Crippen LogP contribution in [0.15, 0.2) is 0 Å². The van der Waals surface area contributed by atoms with Gasteiger partial charge in [-0.2, -0.15) is 0 Å². The van der Waals surface area contributed by atoms with Gasteiger partial charge in [-0.15, -0.1) is 0 Å².